The molecule has 3 aromatic carbocycles. The lowest BCUT2D eigenvalue weighted by atomic mass is 9.98. The average molecular weight is 422 g/mol. The maximum Gasteiger partial charge on any atom is 0.235 e. The lowest BCUT2D eigenvalue weighted by molar-refractivity contribution is -0.119. The molecule has 0 aliphatic carbocycles. The quantitative estimate of drug-likeness (QED) is 0.562. The van der Waals surface area contributed by atoms with Gasteiger partial charge in [0.25, 0.3) is 0 Å². The molecule has 1 atom stereocenters. The van der Waals surface area contributed by atoms with Crippen molar-refractivity contribution in [3.63, 3.8) is 0 Å². The molecule has 1 unspecified atom stereocenters. The molecule has 0 radical (unpaired) electrons. The zero-order chi connectivity index (χ0) is 21.4. The molecule has 1 N–H and O–H groups in total. The summed E-state index contributed by atoms with van der Waals surface area (Å²) in [7, 11) is -3.48. The van der Waals surface area contributed by atoms with Crippen LogP contribution in [-0.2, 0) is 21.1 Å². The van der Waals surface area contributed by atoms with E-state index in [1.54, 1.807) is 0 Å². The molecule has 0 saturated carbocycles. The Hall–Kier alpha value is -2.92. The summed E-state index contributed by atoms with van der Waals surface area (Å²) in [6.45, 7) is 2.00. The summed E-state index contributed by atoms with van der Waals surface area (Å²) < 4.78 is 24.9. The van der Waals surface area contributed by atoms with Gasteiger partial charge in [-0.05, 0) is 36.5 Å². The molecule has 0 heterocycles. The number of aryl methyl sites for hydroxylation is 2. The van der Waals surface area contributed by atoms with Gasteiger partial charge in [-0.1, -0.05) is 90.5 Å². The Balaban J connectivity index is 1.64. The number of benzene rings is 3. The van der Waals surface area contributed by atoms with E-state index >= 15 is 0 Å². The number of carbonyl (C=O) groups is 1. The molecule has 5 heteroatoms. The van der Waals surface area contributed by atoms with Gasteiger partial charge in [-0.2, -0.15) is 0 Å². The van der Waals surface area contributed by atoms with Crippen LogP contribution in [0.2, 0.25) is 0 Å². The van der Waals surface area contributed by atoms with Gasteiger partial charge < -0.3 is 5.32 Å². The van der Waals surface area contributed by atoms with E-state index in [1.165, 1.54) is 0 Å². The Bertz CT molecular complexity index is 1050. The van der Waals surface area contributed by atoms with Gasteiger partial charge in [-0.3, -0.25) is 4.79 Å². The van der Waals surface area contributed by atoms with Crippen LogP contribution in [0.25, 0.3) is 0 Å². The molecule has 0 aliphatic heterocycles. The molecular formula is C25H27NO3S. The fourth-order valence-electron chi connectivity index (χ4n) is 3.38. The molecule has 4 nitrogen and oxygen atoms in total. The van der Waals surface area contributed by atoms with E-state index in [1.807, 2.05) is 91.9 Å². The van der Waals surface area contributed by atoms with Crippen molar-refractivity contribution in [1.29, 1.82) is 0 Å². The van der Waals surface area contributed by atoms with Gasteiger partial charge in [0.15, 0.2) is 9.84 Å². The van der Waals surface area contributed by atoms with Crippen LogP contribution < -0.4 is 5.32 Å². The van der Waals surface area contributed by atoms with E-state index in [0.29, 0.717) is 12.8 Å². The minimum Gasteiger partial charge on any atom is -0.344 e. The minimum absolute atomic E-state index is 0.00412. The summed E-state index contributed by atoms with van der Waals surface area (Å²) in [5, 5.41) is 2.92. The second-order valence-corrected chi connectivity index (χ2v) is 9.69. The maximum atomic E-state index is 12.6. The third-order valence-electron chi connectivity index (χ3n) is 4.96. The maximum absolute atomic E-state index is 12.6. The smallest absolute Gasteiger partial charge is 0.235 e. The van der Waals surface area contributed by atoms with Gasteiger partial charge in [0.1, 0.15) is 5.75 Å². The van der Waals surface area contributed by atoms with Crippen LogP contribution >= 0.6 is 0 Å². The van der Waals surface area contributed by atoms with Gasteiger partial charge >= 0.3 is 0 Å². The van der Waals surface area contributed by atoms with E-state index in [4.69, 9.17) is 0 Å². The summed E-state index contributed by atoms with van der Waals surface area (Å²) in [6.07, 6.45) is 1.18. The van der Waals surface area contributed by atoms with Crippen LogP contribution in [0.3, 0.4) is 0 Å². The Labute approximate surface area is 178 Å². The Morgan fingerprint density at radius 2 is 1.40 bits per heavy atom. The fourth-order valence-corrected chi connectivity index (χ4v) is 4.59. The number of carbonyl (C=O) groups excluding carboxylic acids is 1. The van der Waals surface area contributed by atoms with Crippen molar-refractivity contribution in [3.05, 3.63) is 107 Å². The lowest BCUT2D eigenvalue weighted by Gasteiger charge is -2.20. The molecule has 0 bridgehead atoms. The van der Waals surface area contributed by atoms with Crippen LogP contribution in [0.1, 0.15) is 34.7 Å². The van der Waals surface area contributed by atoms with Crippen molar-refractivity contribution in [3.8, 4) is 0 Å². The SMILES string of the molecule is Cc1ccc(C(NC(=O)CS(=O)(=O)CCCc2ccccc2)c2ccccc2)cc1. The van der Waals surface area contributed by atoms with E-state index in [-0.39, 0.29) is 11.8 Å². The summed E-state index contributed by atoms with van der Waals surface area (Å²) in [4.78, 5) is 12.6. The lowest BCUT2D eigenvalue weighted by Crippen LogP contribution is -2.35. The molecule has 3 rings (SSSR count). The van der Waals surface area contributed by atoms with Gasteiger partial charge in [0.05, 0.1) is 11.8 Å². The minimum atomic E-state index is -3.48. The molecule has 156 valence electrons. The second-order valence-electron chi connectivity index (χ2n) is 7.50. The van der Waals surface area contributed by atoms with Gasteiger partial charge in [0, 0.05) is 0 Å². The molecule has 0 spiro atoms. The molecule has 1 amide bonds. The van der Waals surface area contributed by atoms with Gasteiger partial charge in [0.2, 0.25) is 5.91 Å². The number of sulfone groups is 1. The highest BCUT2D eigenvalue weighted by molar-refractivity contribution is 7.92. The van der Waals surface area contributed by atoms with Crippen LogP contribution in [0, 0.1) is 6.92 Å². The van der Waals surface area contributed by atoms with Crippen LogP contribution in [-0.4, -0.2) is 25.8 Å². The molecule has 0 saturated heterocycles. The number of hydrogen-bond donors (Lipinski definition) is 1. The Morgan fingerprint density at radius 3 is 2.03 bits per heavy atom. The third kappa shape index (κ3) is 6.56. The molecule has 0 aromatic heterocycles. The van der Waals surface area contributed by atoms with E-state index in [9.17, 15) is 13.2 Å². The molecular weight excluding hydrogens is 394 g/mol. The summed E-state index contributed by atoms with van der Waals surface area (Å²) in [6, 6.07) is 26.8. The topological polar surface area (TPSA) is 63.2 Å². The van der Waals surface area contributed by atoms with Gasteiger partial charge in [-0.25, -0.2) is 8.42 Å². The van der Waals surface area contributed by atoms with Crippen molar-refractivity contribution >= 4 is 15.7 Å². The second kappa shape index (κ2) is 10.2. The summed E-state index contributed by atoms with van der Waals surface area (Å²) in [5.41, 5.74) is 4.05. The first-order chi connectivity index (χ1) is 14.4. The zero-order valence-corrected chi connectivity index (χ0v) is 17.9. The first kappa shape index (κ1) is 21.8. The highest BCUT2D eigenvalue weighted by atomic mass is 32.2. The Morgan fingerprint density at radius 1 is 0.833 bits per heavy atom. The normalized spacial score (nSPS) is 12.3. The molecule has 3 aromatic rings. The predicted octanol–water partition coefficient (Wildman–Crippen LogP) is 4.25. The van der Waals surface area contributed by atoms with Crippen molar-refractivity contribution < 1.29 is 13.2 Å². The zero-order valence-electron chi connectivity index (χ0n) is 17.1. The average Bonchev–Trinajstić information content (AvgIpc) is 2.74. The molecule has 30 heavy (non-hydrogen) atoms. The standard InChI is InChI=1S/C25H27NO3S/c1-20-14-16-23(17-15-20)25(22-12-6-3-7-13-22)26-24(27)19-30(28,29)18-8-11-21-9-4-2-5-10-21/h2-7,9-10,12-17,25H,8,11,18-19H2,1H3,(H,26,27). The monoisotopic (exact) mass is 421 g/mol. The number of amides is 1. The van der Waals surface area contributed by atoms with Gasteiger partial charge in [-0.15, -0.1) is 0 Å². The van der Waals surface area contributed by atoms with Crippen molar-refractivity contribution in [1.82, 2.24) is 5.32 Å². The first-order valence-electron chi connectivity index (χ1n) is 10.1. The molecule has 0 aliphatic rings. The van der Waals surface area contributed by atoms with E-state index in [0.717, 1.165) is 22.3 Å². The van der Waals surface area contributed by atoms with E-state index < -0.39 is 21.5 Å². The number of nitrogens with one attached hydrogen (secondary N) is 1. The van der Waals surface area contributed by atoms with E-state index in [2.05, 4.69) is 5.32 Å². The number of rotatable bonds is 9. The molecule has 0 fully saturated rings. The largest absolute Gasteiger partial charge is 0.344 e. The van der Waals surface area contributed by atoms with Crippen LogP contribution in [0.15, 0.2) is 84.9 Å². The fraction of sp³-hybridized carbons (Fsp3) is 0.240. The van der Waals surface area contributed by atoms with Crippen molar-refractivity contribution in [2.45, 2.75) is 25.8 Å². The highest BCUT2D eigenvalue weighted by Gasteiger charge is 2.21. The first-order valence-corrected chi connectivity index (χ1v) is 11.9. The van der Waals surface area contributed by atoms with Crippen LogP contribution in [0.4, 0.5) is 0 Å². The Kier molecular flexibility index (Phi) is 7.41. The highest BCUT2D eigenvalue weighted by Crippen LogP contribution is 2.22. The third-order valence-corrected chi connectivity index (χ3v) is 6.58. The van der Waals surface area contributed by atoms with Crippen LogP contribution in [0.5, 0.6) is 0 Å². The van der Waals surface area contributed by atoms with Crippen molar-refractivity contribution in [2.75, 3.05) is 11.5 Å². The summed E-state index contributed by atoms with van der Waals surface area (Å²) >= 11 is 0. The number of hydrogen-bond acceptors (Lipinski definition) is 3. The summed E-state index contributed by atoms with van der Waals surface area (Å²) in [5.74, 6) is -0.989. The van der Waals surface area contributed by atoms with Crippen molar-refractivity contribution in [2.24, 2.45) is 0 Å². The predicted molar refractivity (Wildman–Crippen MR) is 121 cm³/mol.